The van der Waals surface area contributed by atoms with Gasteiger partial charge in [0.2, 0.25) is 17.7 Å². The molecule has 0 rings (SSSR count). The number of hydrogen-bond acceptors (Lipinski definition) is 7. The zero-order valence-corrected chi connectivity index (χ0v) is 67.2. The van der Waals surface area contributed by atoms with Gasteiger partial charge in [-0.25, -0.2) is 0 Å². The van der Waals surface area contributed by atoms with Crippen molar-refractivity contribution in [2.75, 3.05) is 98.2 Å². The van der Waals surface area contributed by atoms with E-state index in [4.69, 9.17) is 0 Å². The van der Waals surface area contributed by atoms with Crippen molar-refractivity contribution in [3.63, 3.8) is 0 Å². The summed E-state index contributed by atoms with van der Waals surface area (Å²) in [4.78, 5) is 51.3. The Kier molecular flexibility index (Phi) is 80.1. The summed E-state index contributed by atoms with van der Waals surface area (Å²) in [5.41, 5.74) is 0. The number of unbranched alkanes of at least 4 members (excludes halogenated alkanes) is 54. The molecule has 10 heteroatoms. The van der Waals surface area contributed by atoms with Crippen molar-refractivity contribution in [2.45, 2.75) is 446 Å². The van der Waals surface area contributed by atoms with Crippen LogP contribution in [-0.2, 0) is 14.4 Å². The molecule has 97 heavy (non-hydrogen) atoms. The Morgan fingerprint density at radius 3 is 0.433 bits per heavy atom. The number of carbonyl (C=O) groups excluding carboxylic acids is 3. The lowest BCUT2D eigenvalue weighted by molar-refractivity contribution is -0.121. The van der Waals surface area contributed by atoms with Crippen LogP contribution in [0.4, 0.5) is 0 Å². The highest BCUT2D eigenvalue weighted by molar-refractivity contribution is 5.77. The van der Waals surface area contributed by atoms with Gasteiger partial charge in [0.1, 0.15) is 0 Å². The van der Waals surface area contributed by atoms with Crippen LogP contribution in [0.15, 0.2) is 0 Å². The summed E-state index contributed by atoms with van der Waals surface area (Å²) in [6.07, 6.45) is 82.2. The first kappa shape index (κ1) is 95.2. The molecule has 0 unspecified atom stereocenters. The van der Waals surface area contributed by atoms with E-state index in [9.17, 15) is 14.4 Å². The van der Waals surface area contributed by atoms with Crippen molar-refractivity contribution >= 4 is 17.7 Å². The molecule has 0 bridgehead atoms. The maximum Gasteiger partial charge on any atom is 0.221 e. The van der Waals surface area contributed by atoms with Crippen LogP contribution < -0.4 is 16.0 Å². The predicted octanol–water partition coefficient (Wildman–Crippen LogP) is 24.2. The molecule has 10 nitrogen and oxygen atoms in total. The highest BCUT2D eigenvalue weighted by Gasteiger charge is 2.16. The van der Waals surface area contributed by atoms with Gasteiger partial charge in [-0.3, -0.25) is 14.4 Å². The van der Waals surface area contributed by atoms with Crippen molar-refractivity contribution < 1.29 is 14.4 Å². The first-order valence-corrected chi connectivity index (χ1v) is 44.5. The molecule has 0 aliphatic rings. The molecule has 0 spiro atoms. The van der Waals surface area contributed by atoms with Crippen LogP contribution >= 0.6 is 0 Å². The van der Waals surface area contributed by atoms with E-state index in [2.05, 4.69) is 77.1 Å². The monoisotopic (exact) mass is 1370 g/mol. The van der Waals surface area contributed by atoms with Crippen molar-refractivity contribution in [2.24, 2.45) is 0 Å². The van der Waals surface area contributed by atoms with Gasteiger partial charge in [-0.15, -0.1) is 0 Å². The minimum Gasteiger partial charge on any atom is -0.355 e. The number of nitrogens with one attached hydrogen (secondary N) is 3. The van der Waals surface area contributed by atoms with E-state index in [-0.39, 0.29) is 17.7 Å². The molecule has 0 atom stereocenters. The number of hydrogen-bond donors (Lipinski definition) is 3. The quantitative estimate of drug-likeness (QED) is 0.0522. The van der Waals surface area contributed by atoms with Crippen LogP contribution in [0.3, 0.4) is 0 Å². The fourth-order valence-electron chi connectivity index (χ4n) is 14.4. The topological polar surface area (TPSA) is 100 Å². The molecule has 0 aliphatic heterocycles. The fraction of sp³-hybridized carbons (Fsp3) is 0.966. The fourth-order valence-corrected chi connectivity index (χ4v) is 14.4. The largest absolute Gasteiger partial charge is 0.355 e. The molecular formula is C87H177N7O3. The van der Waals surface area contributed by atoms with Crippen LogP contribution in [0.25, 0.3) is 0 Å². The van der Waals surface area contributed by atoms with Crippen LogP contribution in [0, 0.1) is 0 Å². The van der Waals surface area contributed by atoms with Gasteiger partial charge in [0.25, 0.3) is 0 Å². The molecule has 0 radical (unpaired) electrons. The molecule has 0 heterocycles. The first-order valence-electron chi connectivity index (χ1n) is 44.5. The van der Waals surface area contributed by atoms with Gasteiger partial charge >= 0.3 is 0 Å². The Balaban J connectivity index is 5.81. The summed E-state index contributed by atoms with van der Waals surface area (Å²) >= 11 is 0. The van der Waals surface area contributed by atoms with Crippen LogP contribution in [0.5, 0.6) is 0 Å². The van der Waals surface area contributed by atoms with Crippen molar-refractivity contribution in [3.05, 3.63) is 0 Å². The first-order chi connectivity index (χ1) is 47.8. The molecule has 0 saturated heterocycles. The Hall–Kier alpha value is -1.75. The zero-order valence-electron chi connectivity index (χ0n) is 67.2. The van der Waals surface area contributed by atoms with E-state index in [1.54, 1.807) is 0 Å². The summed E-state index contributed by atoms with van der Waals surface area (Å²) in [5.74, 6) is 0.227. The van der Waals surface area contributed by atoms with Gasteiger partial charge in [0, 0.05) is 78.2 Å². The average Bonchev–Trinajstić information content (AvgIpc) is 3.18. The van der Waals surface area contributed by atoms with E-state index in [1.807, 2.05) is 0 Å². The lowest BCUT2D eigenvalue weighted by Gasteiger charge is -2.24. The third-order valence-corrected chi connectivity index (χ3v) is 21.2. The predicted molar refractivity (Wildman–Crippen MR) is 430 cm³/mol. The maximum absolute atomic E-state index is 13.7. The van der Waals surface area contributed by atoms with Crippen LogP contribution in [0.2, 0.25) is 0 Å². The highest BCUT2D eigenvalue weighted by atomic mass is 16.2. The lowest BCUT2D eigenvalue weighted by Crippen LogP contribution is -2.40. The van der Waals surface area contributed by atoms with Crippen molar-refractivity contribution in [3.8, 4) is 0 Å². The minimum absolute atomic E-state index is 0.0755. The molecule has 0 saturated carbocycles. The summed E-state index contributed by atoms with van der Waals surface area (Å²) in [6.45, 7) is 26.9. The molecule has 3 N–H and O–H groups in total. The van der Waals surface area contributed by atoms with Crippen LogP contribution in [0.1, 0.15) is 446 Å². The molecule has 0 aromatic carbocycles. The number of amides is 3. The van der Waals surface area contributed by atoms with Crippen LogP contribution in [-0.4, -0.2) is 135 Å². The summed E-state index contributed by atoms with van der Waals surface area (Å²) in [6, 6.07) is 0. The molecule has 578 valence electrons. The molecule has 0 aromatic heterocycles. The Bertz CT molecular complexity index is 1300. The maximum atomic E-state index is 13.7. The normalized spacial score (nSPS) is 11.8. The SMILES string of the molecule is CCCCCCCCCCCCN(CCCCCCCCCCCC)CCNC(=O)CCN(CCC(=O)NCCN(CCCCCCCCCCCC)CCCCCCCCCCCC)CCC(=O)NCCN(CCCCCCCCCCCC)CCCCCCCCCCCC. The van der Waals surface area contributed by atoms with Gasteiger partial charge in [-0.2, -0.15) is 0 Å². The smallest absolute Gasteiger partial charge is 0.221 e. The second kappa shape index (κ2) is 81.5. The average molecular weight is 1370 g/mol. The second-order valence-electron chi connectivity index (χ2n) is 30.8. The van der Waals surface area contributed by atoms with Gasteiger partial charge in [0.15, 0.2) is 0 Å². The van der Waals surface area contributed by atoms with Gasteiger partial charge in [-0.05, 0) is 77.8 Å². The van der Waals surface area contributed by atoms with Gasteiger partial charge in [0.05, 0.1) is 0 Å². The summed E-state index contributed by atoms with van der Waals surface area (Å²) in [5, 5.41) is 9.96. The minimum atomic E-state index is 0.0755. The number of carbonyl (C=O) groups is 3. The highest BCUT2D eigenvalue weighted by Crippen LogP contribution is 2.18. The molecular weight excluding hydrogens is 1190 g/mol. The summed E-state index contributed by atoms with van der Waals surface area (Å²) in [7, 11) is 0. The van der Waals surface area contributed by atoms with Gasteiger partial charge < -0.3 is 35.6 Å². The number of nitrogens with zero attached hydrogens (tertiary/aromatic N) is 4. The third kappa shape index (κ3) is 75.2. The molecule has 0 aliphatic carbocycles. The van der Waals surface area contributed by atoms with E-state index in [1.165, 1.54) is 385 Å². The van der Waals surface area contributed by atoms with E-state index < -0.39 is 0 Å². The Morgan fingerprint density at radius 2 is 0.289 bits per heavy atom. The van der Waals surface area contributed by atoms with Gasteiger partial charge in [-0.1, -0.05) is 388 Å². The van der Waals surface area contributed by atoms with Crippen molar-refractivity contribution in [1.82, 2.24) is 35.6 Å². The van der Waals surface area contributed by atoms with E-state index in [0.717, 1.165) is 58.9 Å². The molecule has 0 fully saturated rings. The third-order valence-electron chi connectivity index (χ3n) is 21.2. The van der Waals surface area contributed by atoms with Crippen molar-refractivity contribution in [1.29, 1.82) is 0 Å². The lowest BCUT2D eigenvalue weighted by atomic mass is 10.1. The summed E-state index contributed by atoms with van der Waals surface area (Å²) < 4.78 is 0. The second-order valence-corrected chi connectivity index (χ2v) is 30.8. The standard InChI is InChI=1S/C87H177N7O3/c1-7-13-19-25-31-37-43-49-55-61-73-91(74-62-56-50-44-38-32-26-20-14-8-2)82-70-88-85(95)67-79-94(80-68-86(96)89-71-83-92(75-63-57-51-45-39-33-27-21-15-9-3)76-64-58-52-46-40-34-28-22-16-10-4)81-69-87(97)90-72-84-93(77-65-59-53-47-41-35-29-23-17-11-5)78-66-60-54-48-42-36-30-24-18-12-6/h7-84H2,1-6H3,(H,88,95)(H,89,96)(H,90,97). The Labute approximate surface area is 608 Å². The van der Waals surface area contributed by atoms with E-state index >= 15 is 0 Å². The Morgan fingerprint density at radius 1 is 0.165 bits per heavy atom. The molecule has 3 amide bonds. The zero-order chi connectivity index (χ0) is 70.3. The molecule has 0 aromatic rings. The van der Waals surface area contributed by atoms with E-state index in [0.29, 0.717) is 58.5 Å². The number of rotatable bonds is 84.